The summed E-state index contributed by atoms with van der Waals surface area (Å²) in [7, 11) is 0. The molecule has 2 N–H and O–H groups in total. The second-order valence-corrected chi connectivity index (χ2v) is 5.21. The van der Waals surface area contributed by atoms with E-state index in [1.54, 1.807) is 0 Å². The van der Waals surface area contributed by atoms with Gasteiger partial charge in [0.1, 0.15) is 0 Å². The largest absolute Gasteiger partial charge is 0.324 e. The van der Waals surface area contributed by atoms with Gasteiger partial charge in [0.25, 0.3) is 0 Å². The minimum absolute atomic E-state index is 0.0152. The van der Waals surface area contributed by atoms with Crippen LogP contribution in [0.15, 0.2) is 60.8 Å². The number of nitrogens with zero attached hydrogens (tertiary/aromatic N) is 1. The Hall–Kier alpha value is -2.19. The number of hydrogen-bond donors (Lipinski definition) is 1. The summed E-state index contributed by atoms with van der Waals surface area (Å²) in [6, 6.07) is 18.7. The standard InChI is InChI=1S/C18H18N2/c1-13-6-8-14(9-7-13)17(19)12-15-10-11-20-18-5-3-2-4-16(15)18/h2-11,17H,12,19H2,1H3. The van der Waals surface area contributed by atoms with Gasteiger partial charge in [-0.25, -0.2) is 0 Å². The summed E-state index contributed by atoms with van der Waals surface area (Å²) in [5, 5.41) is 1.19. The smallest absolute Gasteiger partial charge is 0.0704 e. The normalized spacial score (nSPS) is 12.5. The second kappa shape index (κ2) is 5.43. The van der Waals surface area contributed by atoms with E-state index in [4.69, 9.17) is 5.73 Å². The van der Waals surface area contributed by atoms with E-state index in [1.807, 2.05) is 24.4 Å². The molecule has 0 saturated carbocycles. The van der Waals surface area contributed by atoms with Crippen LogP contribution < -0.4 is 5.73 Å². The van der Waals surface area contributed by atoms with Crippen LogP contribution in [0.4, 0.5) is 0 Å². The summed E-state index contributed by atoms with van der Waals surface area (Å²) in [6.07, 6.45) is 2.69. The second-order valence-electron chi connectivity index (χ2n) is 5.21. The molecule has 0 saturated heterocycles. The SMILES string of the molecule is Cc1ccc(C(N)Cc2ccnc3ccccc23)cc1. The van der Waals surface area contributed by atoms with Crippen LogP contribution in [0.1, 0.15) is 22.7 Å². The van der Waals surface area contributed by atoms with Crippen molar-refractivity contribution in [1.29, 1.82) is 0 Å². The number of rotatable bonds is 3. The van der Waals surface area contributed by atoms with Gasteiger partial charge >= 0.3 is 0 Å². The van der Waals surface area contributed by atoms with Gasteiger partial charge in [-0.2, -0.15) is 0 Å². The van der Waals surface area contributed by atoms with Gasteiger partial charge in [-0.15, -0.1) is 0 Å². The molecule has 3 aromatic rings. The summed E-state index contributed by atoms with van der Waals surface area (Å²) in [6.45, 7) is 2.09. The van der Waals surface area contributed by atoms with Crippen molar-refractivity contribution in [3.05, 3.63) is 77.5 Å². The van der Waals surface area contributed by atoms with E-state index in [2.05, 4.69) is 48.3 Å². The first kappa shape index (κ1) is 12.8. The monoisotopic (exact) mass is 262 g/mol. The Balaban J connectivity index is 1.91. The van der Waals surface area contributed by atoms with E-state index in [0.29, 0.717) is 0 Å². The molecular formula is C18H18N2. The van der Waals surface area contributed by atoms with Crippen LogP contribution in [-0.4, -0.2) is 4.98 Å². The molecule has 1 atom stereocenters. The highest BCUT2D eigenvalue weighted by atomic mass is 14.7. The van der Waals surface area contributed by atoms with Gasteiger partial charge in [0.2, 0.25) is 0 Å². The van der Waals surface area contributed by atoms with Crippen LogP contribution in [0.25, 0.3) is 10.9 Å². The van der Waals surface area contributed by atoms with E-state index >= 15 is 0 Å². The predicted molar refractivity (Wildman–Crippen MR) is 83.6 cm³/mol. The van der Waals surface area contributed by atoms with Crippen molar-refractivity contribution in [2.75, 3.05) is 0 Å². The van der Waals surface area contributed by atoms with Crippen LogP contribution >= 0.6 is 0 Å². The first-order valence-corrected chi connectivity index (χ1v) is 6.89. The van der Waals surface area contributed by atoms with Crippen LogP contribution in [0.5, 0.6) is 0 Å². The molecule has 3 rings (SSSR count). The Kier molecular flexibility index (Phi) is 3.48. The molecule has 0 aliphatic heterocycles. The fourth-order valence-corrected chi connectivity index (χ4v) is 2.50. The van der Waals surface area contributed by atoms with Crippen molar-refractivity contribution >= 4 is 10.9 Å². The number of aryl methyl sites for hydroxylation is 1. The molecule has 1 heterocycles. The topological polar surface area (TPSA) is 38.9 Å². The minimum atomic E-state index is 0.0152. The molecule has 20 heavy (non-hydrogen) atoms. The fraction of sp³-hybridized carbons (Fsp3) is 0.167. The average Bonchev–Trinajstić information content (AvgIpc) is 2.48. The third-order valence-corrected chi connectivity index (χ3v) is 3.68. The van der Waals surface area contributed by atoms with Gasteiger partial charge in [-0.05, 0) is 36.6 Å². The molecule has 1 aromatic heterocycles. The number of para-hydroxylation sites is 1. The average molecular weight is 262 g/mol. The molecule has 0 radical (unpaired) electrons. The van der Waals surface area contributed by atoms with Crippen LogP contribution in [-0.2, 0) is 6.42 Å². The summed E-state index contributed by atoms with van der Waals surface area (Å²) in [4.78, 5) is 4.39. The number of pyridine rings is 1. The van der Waals surface area contributed by atoms with Gasteiger partial charge in [0.15, 0.2) is 0 Å². The van der Waals surface area contributed by atoms with Crippen LogP contribution in [0.3, 0.4) is 0 Å². The Labute approximate surface area is 119 Å². The minimum Gasteiger partial charge on any atom is -0.324 e. The highest BCUT2D eigenvalue weighted by Gasteiger charge is 2.09. The molecule has 0 bridgehead atoms. The third kappa shape index (κ3) is 2.56. The maximum Gasteiger partial charge on any atom is 0.0704 e. The molecule has 0 amide bonds. The maximum absolute atomic E-state index is 6.35. The highest BCUT2D eigenvalue weighted by Crippen LogP contribution is 2.22. The van der Waals surface area contributed by atoms with Gasteiger partial charge in [-0.3, -0.25) is 4.98 Å². The molecule has 2 aromatic carbocycles. The van der Waals surface area contributed by atoms with E-state index in [1.165, 1.54) is 22.1 Å². The van der Waals surface area contributed by atoms with Crippen molar-refractivity contribution in [2.45, 2.75) is 19.4 Å². The van der Waals surface area contributed by atoms with Gasteiger partial charge < -0.3 is 5.73 Å². The maximum atomic E-state index is 6.35. The van der Waals surface area contributed by atoms with Crippen molar-refractivity contribution in [1.82, 2.24) is 4.98 Å². The lowest BCUT2D eigenvalue weighted by Crippen LogP contribution is -2.13. The highest BCUT2D eigenvalue weighted by molar-refractivity contribution is 5.81. The summed E-state index contributed by atoms with van der Waals surface area (Å²) in [5.74, 6) is 0. The van der Waals surface area contributed by atoms with Crippen molar-refractivity contribution in [3.63, 3.8) is 0 Å². The Bertz CT molecular complexity index is 712. The molecule has 0 aliphatic rings. The first-order valence-electron chi connectivity index (χ1n) is 6.89. The van der Waals surface area contributed by atoms with Crippen molar-refractivity contribution in [2.24, 2.45) is 5.73 Å². The predicted octanol–water partition coefficient (Wildman–Crippen LogP) is 3.79. The van der Waals surface area contributed by atoms with Crippen molar-refractivity contribution in [3.8, 4) is 0 Å². The third-order valence-electron chi connectivity index (χ3n) is 3.68. The van der Waals surface area contributed by atoms with Gasteiger partial charge in [0, 0.05) is 17.6 Å². The summed E-state index contributed by atoms with van der Waals surface area (Å²) in [5.41, 5.74) is 11.1. The number of nitrogens with two attached hydrogens (primary N) is 1. The zero-order valence-corrected chi connectivity index (χ0v) is 11.6. The quantitative estimate of drug-likeness (QED) is 0.780. The molecular weight excluding hydrogens is 244 g/mol. The van der Waals surface area contributed by atoms with Crippen LogP contribution in [0, 0.1) is 6.92 Å². The lowest BCUT2D eigenvalue weighted by molar-refractivity contribution is 0.725. The summed E-state index contributed by atoms with van der Waals surface area (Å²) >= 11 is 0. The van der Waals surface area contributed by atoms with Crippen molar-refractivity contribution < 1.29 is 0 Å². The van der Waals surface area contributed by atoms with Crippen LogP contribution in [0.2, 0.25) is 0 Å². The molecule has 0 spiro atoms. The van der Waals surface area contributed by atoms with E-state index in [9.17, 15) is 0 Å². The zero-order valence-electron chi connectivity index (χ0n) is 11.6. The number of hydrogen-bond acceptors (Lipinski definition) is 2. The molecule has 0 aliphatic carbocycles. The fourth-order valence-electron chi connectivity index (χ4n) is 2.50. The lowest BCUT2D eigenvalue weighted by Gasteiger charge is -2.14. The summed E-state index contributed by atoms with van der Waals surface area (Å²) < 4.78 is 0. The zero-order chi connectivity index (χ0) is 13.9. The molecule has 100 valence electrons. The Morgan fingerprint density at radius 3 is 2.55 bits per heavy atom. The number of benzene rings is 2. The van der Waals surface area contributed by atoms with E-state index < -0.39 is 0 Å². The van der Waals surface area contributed by atoms with Gasteiger partial charge in [0.05, 0.1) is 5.52 Å². The van der Waals surface area contributed by atoms with Gasteiger partial charge in [-0.1, -0.05) is 48.0 Å². The molecule has 2 heteroatoms. The first-order chi connectivity index (χ1) is 9.74. The molecule has 2 nitrogen and oxygen atoms in total. The molecule has 1 unspecified atom stereocenters. The molecule has 0 fully saturated rings. The Morgan fingerprint density at radius 2 is 1.75 bits per heavy atom. The number of fused-ring (bicyclic) bond motifs is 1. The Morgan fingerprint density at radius 1 is 1.00 bits per heavy atom. The van der Waals surface area contributed by atoms with E-state index in [-0.39, 0.29) is 6.04 Å². The lowest BCUT2D eigenvalue weighted by atomic mass is 9.97. The van der Waals surface area contributed by atoms with E-state index in [0.717, 1.165) is 11.9 Å². The number of aromatic nitrogens is 1.